The lowest BCUT2D eigenvalue weighted by Gasteiger charge is -1.96. The van der Waals surface area contributed by atoms with Crippen molar-refractivity contribution < 1.29 is 0 Å². The predicted molar refractivity (Wildman–Crippen MR) is 29.5 cm³/mol. The summed E-state index contributed by atoms with van der Waals surface area (Å²) in [4.78, 5) is 0. The Balaban J connectivity index is 4.08. The molecule has 0 aromatic heterocycles. The molecule has 0 aliphatic heterocycles. The van der Waals surface area contributed by atoms with E-state index in [1.807, 2.05) is 6.07 Å². The van der Waals surface area contributed by atoms with Crippen molar-refractivity contribution in [3.63, 3.8) is 0 Å². The zero-order chi connectivity index (χ0) is 7.28. The Morgan fingerprint density at radius 1 is 1.00 bits per heavy atom. The van der Waals surface area contributed by atoms with E-state index < -0.39 is 11.8 Å². The lowest BCUT2D eigenvalue weighted by Crippen LogP contribution is -2.03. The predicted octanol–water partition coefficient (Wildman–Crippen LogP) is 0.809. The number of rotatable bonds is 1. The van der Waals surface area contributed by atoms with Gasteiger partial charge >= 0.3 is 0 Å². The Morgan fingerprint density at radius 3 is 1.56 bits per heavy atom. The van der Waals surface area contributed by atoms with E-state index in [1.54, 1.807) is 19.1 Å². The second-order valence-corrected chi connectivity index (χ2v) is 1.65. The fourth-order valence-electron chi connectivity index (χ4n) is 0.327. The first kappa shape index (κ1) is 7.47. The minimum Gasteiger partial charge on any atom is -0.198 e. The molecule has 44 valence electrons. The average molecular weight is 119 g/mol. The molecule has 0 amide bonds. The third-order valence-corrected chi connectivity index (χ3v) is 0.982. The third-order valence-electron chi connectivity index (χ3n) is 0.982. The number of hydrogen-bond donors (Lipinski definition) is 0. The van der Waals surface area contributed by atoms with Crippen LogP contribution in [0.1, 0.15) is 6.92 Å². The van der Waals surface area contributed by atoms with Gasteiger partial charge in [0.2, 0.25) is 0 Å². The number of hydrogen-bond acceptors (Lipinski definition) is 3. The molecule has 3 heteroatoms. The first-order chi connectivity index (χ1) is 4.26. The topological polar surface area (TPSA) is 71.4 Å². The molecule has 0 fully saturated rings. The fraction of sp³-hybridized carbons (Fsp3) is 0.500. The first-order valence-electron chi connectivity index (χ1n) is 2.45. The summed E-state index contributed by atoms with van der Waals surface area (Å²) in [6.07, 6.45) is 0. The highest BCUT2D eigenvalue weighted by Gasteiger charge is 2.13. The third kappa shape index (κ3) is 1.80. The van der Waals surface area contributed by atoms with Crippen LogP contribution < -0.4 is 0 Å². The SMILES string of the molecule is CC(C#N)C(C#N)C#N. The quantitative estimate of drug-likeness (QED) is 0.512. The Morgan fingerprint density at radius 2 is 1.44 bits per heavy atom. The summed E-state index contributed by atoms with van der Waals surface area (Å²) >= 11 is 0. The Hall–Kier alpha value is -1.53. The van der Waals surface area contributed by atoms with Gasteiger partial charge in [0.1, 0.15) is 5.92 Å². The normalized spacial score (nSPS) is 11.0. The van der Waals surface area contributed by atoms with Crippen molar-refractivity contribution in [2.24, 2.45) is 11.8 Å². The molecule has 0 saturated carbocycles. The number of nitrogens with zero attached hydrogens (tertiary/aromatic N) is 3. The van der Waals surface area contributed by atoms with Crippen LogP contribution in [0.2, 0.25) is 0 Å². The fourth-order valence-corrected chi connectivity index (χ4v) is 0.327. The summed E-state index contributed by atoms with van der Waals surface area (Å²) in [6, 6.07) is 5.26. The highest BCUT2D eigenvalue weighted by Crippen LogP contribution is 2.06. The van der Waals surface area contributed by atoms with Crippen LogP contribution in [0.3, 0.4) is 0 Å². The molecule has 0 radical (unpaired) electrons. The van der Waals surface area contributed by atoms with Crippen LogP contribution in [0.15, 0.2) is 0 Å². The second-order valence-electron chi connectivity index (χ2n) is 1.65. The maximum atomic E-state index is 8.22. The van der Waals surface area contributed by atoms with Gasteiger partial charge in [-0.2, -0.15) is 15.8 Å². The standard InChI is InChI=1S/C6H5N3/c1-5(2-7)6(3-8)4-9/h5-6H,1H3. The molecule has 0 aromatic carbocycles. The Labute approximate surface area is 53.7 Å². The molecule has 3 nitrogen and oxygen atoms in total. The van der Waals surface area contributed by atoms with E-state index in [0.29, 0.717) is 0 Å². The molecular formula is C6H5N3. The van der Waals surface area contributed by atoms with Crippen molar-refractivity contribution in [1.29, 1.82) is 15.8 Å². The lowest BCUT2D eigenvalue weighted by atomic mass is 9.99. The summed E-state index contributed by atoms with van der Waals surface area (Å²) < 4.78 is 0. The van der Waals surface area contributed by atoms with E-state index in [4.69, 9.17) is 15.8 Å². The maximum absolute atomic E-state index is 8.22. The van der Waals surface area contributed by atoms with Crippen molar-refractivity contribution in [2.45, 2.75) is 6.92 Å². The van der Waals surface area contributed by atoms with Crippen LogP contribution in [0.25, 0.3) is 0 Å². The van der Waals surface area contributed by atoms with Gasteiger partial charge in [0.25, 0.3) is 0 Å². The van der Waals surface area contributed by atoms with Gasteiger partial charge in [-0.15, -0.1) is 0 Å². The summed E-state index contributed by atoms with van der Waals surface area (Å²) in [5.41, 5.74) is 0. The highest BCUT2D eigenvalue weighted by atomic mass is 14.4. The molecule has 0 heterocycles. The van der Waals surface area contributed by atoms with Gasteiger partial charge in [0.05, 0.1) is 24.1 Å². The molecule has 0 N–H and O–H groups in total. The maximum Gasteiger partial charge on any atom is 0.148 e. The Kier molecular flexibility index (Phi) is 2.88. The van der Waals surface area contributed by atoms with Crippen LogP contribution in [0.4, 0.5) is 0 Å². The average Bonchev–Trinajstić information content (AvgIpc) is 1.90. The van der Waals surface area contributed by atoms with Gasteiger partial charge in [-0.1, -0.05) is 0 Å². The molecule has 9 heavy (non-hydrogen) atoms. The molecular weight excluding hydrogens is 114 g/mol. The molecule has 1 atom stereocenters. The number of nitriles is 3. The summed E-state index contributed by atoms with van der Waals surface area (Å²) in [5, 5.41) is 24.6. The van der Waals surface area contributed by atoms with Gasteiger partial charge in [0.15, 0.2) is 0 Å². The summed E-state index contributed by atoms with van der Waals surface area (Å²) in [7, 11) is 0. The van der Waals surface area contributed by atoms with Gasteiger partial charge in [-0.3, -0.25) is 0 Å². The van der Waals surface area contributed by atoms with E-state index in [9.17, 15) is 0 Å². The van der Waals surface area contributed by atoms with Crippen LogP contribution in [0.5, 0.6) is 0 Å². The molecule has 0 aliphatic carbocycles. The van der Waals surface area contributed by atoms with Crippen molar-refractivity contribution in [3.05, 3.63) is 0 Å². The zero-order valence-corrected chi connectivity index (χ0v) is 5.00. The van der Waals surface area contributed by atoms with Gasteiger partial charge in [-0.25, -0.2) is 0 Å². The summed E-state index contributed by atoms with van der Waals surface area (Å²) in [5.74, 6) is -1.27. The van der Waals surface area contributed by atoms with Gasteiger partial charge in [-0.05, 0) is 6.92 Å². The molecule has 1 unspecified atom stereocenters. The van der Waals surface area contributed by atoms with Crippen molar-refractivity contribution in [3.8, 4) is 18.2 Å². The first-order valence-corrected chi connectivity index (χ1v) is 2.45. The van der Waals surface area contributed by atoms with E-state index in [-0.39, 0.29) is 0 Å². The summed E-state index contributed by atoms with van der Waals surface area (Å²) in [6.45, 7) is 1.55. The van der Waals surface area contributed by atoms with Crippen LogP contribution in [-0.2, 0) is 0 Å². The zero-order valence-electron chi connectivity index (χ0n) is 5.00. The van der Waals surface area contributed by atoms with E-state index in [2.05, 4.69) is 0 Å². The molecule has 0 saturated heterocycles. The van der Waals surface area contributed by atoms with Crippen molar-refractivity contribution >= 4 is 0 Å². The van der Waals surface area contributed by atoms with Crippen molar-refractivity contribution in [1.82, 2.24) is 0 Å². The molecule has 0 aromatic rings. The molecule has 0 spiro atoms. The van der Waals surface area contributed by atoms with E-state index in [0.717, 1.165) is 0 Å². The monoisotopic (exact) mass is 119 g/mol. The van der Waals surface area contributed by atoms with Crippen LogP contribution in [-0.4, -0.2) is 0 Å². The minimum absolute atomic E-state index is 0.486. The Bertz CT molecular complexity index is 186. The van der Waals surface area contributed by atoms with Gasteiger partial charge in [0, 0.05) is 0 Å². The smallest absolute Gasteiger partial charge is 0.148 e. The second kappa shape index (κ2) is 3.47. The van der Waals surface area contributed by atoms with Crippen molar-refractivity contribution in [2.75, 3.05) is 0 Å². The molecule has 0 bridgehead atoms. The minimum atomic E-state index is -0.782. The molecule has 0 aliphatic rings. The molecule has 0 rings (SSSR count). The van der Waals surface area contributed by atoms with Crippen LogP contribution >= 0.6 is 0 Å². The van der Waals surface area contributed by atoms with E-state index in [1.165, 1.54) is 0 Å². The largest absolute Gasteiger partial charge is 0.198 e. The lowest BCUT2D eigenvalue weighted by molar-refractivity contribution is 0.648. The van der Waals surface area contributed by atoms with E-state index >= 15 is 0 Å². The van der Waals surface area contributed by atoms with Gasteiger partial charge < -0.3 is 0 Å². The van der Waals surface area contributed by atoms with Crippen LogP contribution in [0, 0.1) is 45.8 Å². The highest BCUT2D eigenvalue weighted by molar-refractivity contribution is 5.07.